The lowest BCUT2D eigenvalue weighted by molar-refractivity contribution is 0.0498. The van der Waals surface area contributed by atoms with E-state index in [2.05, 4.69) is 41.0 Å². The lowest BCUT2D eigenvalue weighted by Crippen LogP contribution is -2.47. The third-order valence-electron chi connectivity index (χ3n) is 6.03. The molecule has 0 radical (unpaired) electrons. The molecule has 3 aromatic rings. The molecule has 1 heterocycles. The standard InChI is InChI=1S/C25H28N2O3/c1-29-23-12-5-4-11-22(23)25(13-15-30-16-14-25)18-27-24(28)26-17-20-9-6-8-19-7-2-3-10-21(19)20/h2-12H,13-18H2,1H3,(H2,26,27,28). The van der Waals surface area contributed by atoms with E-state index in [4.69, 9.17) is 9.47 Å². The topological polar surface area (TPSA) is 59.6 Å². The molecule has 30 heavy (non-hydrogen) atoms. The second kappa shape index (κ2) is 9.18. The summed E-state index contributed by atoms with van der Waals surface area (Å²) in [6.45, 7) is 2.38. The molecule has 5 heteroatoms. The van der Waals surface area contributed by atoms with Crippen molar-refractivity contribution in [1.29, 1.82) is 0 Å². The number of methoxy groups -OCH3 is 1. The summed E-state index contributed by atoms with van der Waals surface area (Å²) < 4.78 is 11.2. The van der Waals surface area contributed by atoms with Gasteiger partial charge in [-0.2, -0.15) is 0 Å². The van der Waals surface area contributed by atoms with Crippen molar-refractivity contribution < 1.29 is 14.3 Å². The Bertz CT molecular complexity index is 1010. The van der Waals surface area contributed by atoms with Gasteiger partial charge in [-0.05, 0) is 35.2 Å². The number of carbonyl (C=O) groups is 1. The van der Waals surface area contributed by atoms with Gasteiger partial charge in [-0.25, -0.2) is 4.79 Å². The van der Waals surface area contributed by atoms with Crippen LogP contribution in [0, 0.1) is 0 Å². The van der Waals surface area contributed by atoms with Crippen molar-refractivity contribution in [2.24, 2.45) is 0 Å². The molecular formula is C25H28N2O3. The van der Waals surface area contributed by atoms with E-state index in [1.165, 1.54) is 5.39 Å². The van der Waals surface area contributed by atoms with E-state index in [1.807, 2.05) is 36.4 Å². The summed E-state index contributed by atoms with van der Waals surface area (Å²) in [4.78, 5) is 12.6. The van der Waals surface area contributed by atoms with Crippen LogP contribution in [0.25, 0.3) is 10.8 Å². The van der Waals surface area contributed by atoms with Gasteiger partial charge < -0.3 is 20.1 Å². The van der Waals surface area contributed by atoms with Crippen LogP contribution in [-0.4, -0.2) is 32.9 Å². The number of para-hydroxylation sites is 1. The predicted molar refractivity (Wildman–Crippen MR) is 119 cm³/mol. The zero-order valence-electron chi connectivity index (χ0n) is 17.3. The number of benzene rings is 3. The maximum Gasteiger partial charge on any atom is 0.315 e. The molecule has 0 saturated carbocycles. The van der Waals surface area contributed by atoms with E-state index in [-0.39, 0.29) is 11.4 Å². The molecule has 3 aromatic carbocycles. The lowest BCUT2D eigenvalue weighted by Gasteiger charge is -2.38. The molecule has 5 nitrogen and oxygen atoms in total. The molecule has 1 aliphatic heterocycles. The molecule has 0 unspecified atom stereocenters. The van der Waals surface area contributed by atoms with Crippen molar-refractivity contribution in [1.82, 2.24) is 10.6 Å². The summed E-state index contributed by atoms with van der Waals surface area (Å²) >= 11 is 0. The molecule has 0 bridgehead atoms. The molecule has 1 aliphatic rings. The van der Waals surface area contributed by atoms with Crippen molar-refractivity contribution in [3.05, 3.63) is 77.9 Å². The van der Waals surface area contributed by atoms with Gasteiger partial charge in [-0.1, -0.05) is 60.7 Å². The first-order chi connectivity index (χ1) is 14.7. The largest absolute Gasteiger partial charge is 0.496 e. The third kappa shape index (κ3) is 4.26. The summed E-state index contributed by atoms with van der Waals surface area (Å²) in [5, 5.41) is 8.45. The highest BCUT2D eigenvalue weighted by atomic mass is 16.5. The van der Waals surface area contributed by atoms with Gasteiger partial charge in [0.05, 0.1) is 7.11 Å². The SMILES string of the molecule is COc1ccccc1C1(CNC(=O)NCc2cccc3ccccc23)CCOCC1. The molecule has 0 atom stereocenters. The Labute approximate surface area is 177 Å². The van der Waals surface area contributed by atoms with Crippen LogP contribution in [0.4, 0.5) is 4.79 Å². The highest BCUT2D eigenvalue weighted by Gasteiger charge is 2.37. The van der Waals surface area contributed by atoms with Crippen molar-refractivity contribution in [3.63, 3.8) is 0 Å². The van der Waals surface area contributed by atoms with Crippen LogP contribution in [-0.2, 0) is 16.7 Å². The molecule has 1 fully saturated rings. The molecular weight excluding hydrogens is 376 g/mol. The lowest BCUT2D eigenvalue weighted by atomic mass is 9.73. The van der Waals surface area contributed by atoms with Gasteiger partial charge in [0, 0.05) is 37.3 Å². The quantitative estimate of drug-likeness (QED) is 0.640. The first-order valence-electron chi connectivity index (χ1n) is 10.4. The molecule has 156 valence electrons. The fourth-order valence-electron chi connectivity index (χ4n) is 4.32. The van der Waals surface area contributed by atoms with Crippen LogP contribution in [0.15, 0.2) is 66.7 Å². The molecule has 2 amide bonds. The summed E-state index contributed by atoms with van der Waals surface area (Å²) in [5.74, 6) is 0.859. The molecule has 0 spiro atoms. The van der Waals surface area contributed by atoms with Crippen molar-refractivity contribution in [2.75, 3.05) is 26.9 Å². The Hall–Kier alpha value is -3.05. The van der Waals surface area contributed by atoms with Gasteiger partial charge in [0.1, 0.15) is 5.75 Å². The van der Waals surface area contributed by atoms with Crippen molar-refractivity contribution in [2.45, 2.75) is 24.8 Å². The van der Waals surface area contributed by atoms with Gasteiger partial charge in [-0.3, -0.25) is 0 Å². The smallest absolute Gasteiger partial charge is 0.315 e. The summed E-state index contributed by atoms with van der Waals surface area (Å²) in [6.07, 6.45) is 1.69. The normalized spacial score (nSPS) is 15.5. The first-order valence-corrected chi connectivity index (χ1v) is 10.4. The fourth-order valence-corrected chi connectivity index (χ4v) is 4.32. The average molecular weight is 405 g/mol. The van der Waals surface area contributed by atoms with Crippen LogP contribution in [0.5, 0.6) is 5.75 Å². The minimum Gasteiger partial charge on any atom is -0.496 e. The van der Waals surface area contributed by atoms with Gasteiger partial charge >= 0.3 is 6.03 Å². The third-order valence-corrected chi connectivity index (χ3v) is 6.03. The number of urea groups is 1. The summed E-state index contributed by atoms with van der Waals surface area (Å²) in [6, 6.07) is 22.3. The number of carbonyl (C=O) groups excluding carboxylic acids is 1. The van der Waals surface area contributed by atoms with Crippen LogP contribution in [0.1, 0.15) is 24.0 Å². The number of hydrogen-bond donors (Lipinski definition) is 2. The molecule has 4 rings (SSSR count). The number of hydrogen-bond acceptors (Lipinski definition) is 3. The number of rotatable bonds is 6. The zero-order chi connectivity index (χ0) is 20.8. The minimum atomic E-state index is -0.193. The van der Waals surface area contributed by atoms with E-state index in [9.17, 15) is 4.79 Å². The molecule has 0 aromatic heterocycles. The monoisotopic (exact) mass is 404 g/mol. The van der Waals surface area contributed by atoms with Gasteiger partial charge in [0.25, 0.3) is 0 Å². The maximum atomic E-state index is 12.6. The zero-order valence-corrected chi connectivity index (χ0v) is 17.3. The summed E-state index contributed by atoms with van der Waals surface area (Å²) in [7, 11) is 1.69. The second-order valence-electron chi connectivity index (χ2n) is 7.77. The number of fused-ring (bicyclic) bond motifs is 1. The van der Waals surface area contributed by atoms with Gasteiger partial charge in [0.15, 0.2) is 0 Å². The van der Waals surface area contributed by atoms with E-state index < -0.39 is 0 Å². The maximum absolute atomic E-state index is 12.6. The second-order valence-corrected chi connectivity index (χ2v) is 7.77. The number of amides is 2. The Morgan fingerprint density at radius 2 is 1.70 bits per heavy atom. The van der Waals surface area contributed by atoms with Crippen LogP contribution >= 0.6 is 0 Å². The number of nitrogens with one attached hydrogen (secondary N) is 2. The Kier molecular flexibility index (Phi) is 6.19. The van der Waals surface area contributed by atoms with Crippen molar-refractivity contribution >= 4 is 16.8 Å². The molecule has 2 N–H and O–H groups in total. The minimum absolute atomic E-state index is 0.163. The van der Waals surface area contributed by atoms with Crippen LogP contribution < -0.4 is 15.4 Å². The highest BCUT2D eigenvalue weighted by molar-refractivity contribution is 5.86. The van der Waals surface area contributed by atoms with E-state index in [1.54, 1.807) is 7.11 Å². The van der Waals surface area contributed by atoms with Gasteiger partial charge in [0.2, 0.25) is 0 Å². The Balaban J connectivity index is 1.44. The average Bonchev–Trinajstić information content (AvgIpc) is 2.82. The van der Waals surface area contributed by atoms with E-state index in [0.29, 0.717) is 26.3 Å². The fraction of sp³-hybridized carbons (Fsp3) is 0.320. The van der Waals surface area contributed by atoms with Crippen LogP contribution in [0.2, 0.25) is 0 Å². The highest BCUT2D eigenvalue weighted by Crippen LogP contribution is 2.39. The first kappa shape index (κ1) is 20.2. The number of ether oxygens (including phenoxy) is 2. The summed E-state index contributed by atoms with van der Waals surface area (Å²) in [5.41, 5.74) is 2.04. The Morgan fingerprint density at radius 3 is 2.53 bits per heavy atom. The van der Waals surface area contributed by atoms with E-state index >= 15 is 0 Å². The predicted octanol–water partition coefficient (Wildman–Crippen LogP) is 4.40. The van der Waals surface area contributed by atoms with E-state index in [0.717, 1.165) is 35.1 Å². The molecule has 1 saturated heterocycles. The molecule has 0 aliphatic carbocycles. The van der Waals surface area contributed by atoms with Crippen LogP contribution in [0.3, 0.4) is 0 Å². The van der Waals surface area contributed by atoms with Gasteiger partial charge in [-0.15, -0.1) is 0 Å². The Morgan fingerprint density at radius 1 is 0.967 bits per heavy atom. The van der Waals surface area contributed by atoms with Crippen molar-refractivity contribution in [3.8, 4) is 5.75 Å².